The van der Waals surface area contributed by atoms with Gasteiger partial charge in [0, 0.05) is 18.6 Å². The van der Waals surface area contributed by atoms with Gasteiger partial charge in [-0.25, -0.2) is 9.59 Å². The number of nitrogens with zero attached hydrogens (tertiary/aromatic N) is 4. The maximum atomic E-state index is 12.7. The molecule has 0 bridgehead atoms. The van der Waals surface area contributed by atoms with Crippen LogP contribution in [0.1, 0.15) is 49.9 Å². The Hall–Kier alpha value is -3.47. The number of hydrogen-bond acceptors (Lipinski definition) is 8. The number of thiophene rings is 1. The molecule has 3 rings (SSSR count). The van der Waals surface area contributed by atoms with E-state index in [1.807, 2.05) is 0 Å². The standard InChI is InChI=1S/C19H21N5O5S/c1-4-28-18(26)14-12(3)15(19(27)29-5-2)30-17(14)21-16(25)13-7-10-24(22-13)11-23-9-6-8-20-23/h6-10H,4-5,11H2,1-3H3,(H,21,25). The topological polar surface area (TPSA) is 117 Å². The predicted octanol–water partition coefficient (Wildman–Crippen LogP) is 2.56. The van der Waals surface area contributed by atoms with Gasteiger partial charge in [0.1, 0.15) is 16.5 Å². The molecule has 0 aliphatic carbocycles. The van der Waals surface area contributed by atoms with Crippen LogP contribution in [0.5, 0.6) is 0 Å². The summed E-state index contributed by atoms with van der Waals surface area (Å²) in [4.78, 5) is 37.6. The van der Waals surface area contributed by atoms with Crippen molar-refractivity contribution in [3.8, 4) is 0 Å². The summed E-state index contributed by atoms with van der Waals surface area (Å²) < 4.78 is 13.3. The summed E-state index contributed by atoms with van der Waals surface area (Å²) in [6, 6.07) is 3.34. The average molecular weight is 431 g/mol. The molecule has 0 radical (unpaired) electrons. The van der Waals surface area contributed by atoms with Gasteiger partial charge in [-0.3, -0.25) is 14.2 Å². The largest absolute Gasteiger partial charge is 0.462 e. The highest BCUT2D eigenvalue weighted by molar-refractivity contribution is 7.18. The van der Waals surface area contributed by atoms with Crippen molar-refractivity contribution in [2.75, 3.05) is 18.5 Å². The Labute approximate surface area is 176 Å². The van der Waals surface area contributed by atoms with E-state index in [0.29, 0.717) is 12.2 Å². The van der Waals surface area contributed by atoms with Crippen molar-refractivity contribution in [3.63, 3.8) is 0 Å². The van der Waals surface area contributed by atoms with Crippen molar-refractivity contribution in [1.82, 2.24) is 19.6 Å². The molecule has 3 aromatic rings. The molecule has 0 saturated carbocycles. The van der Waals surface area contributed by atoms with E-state index in [4.69, 9.17) is 9.47 Å². The second-order valence-corrected chi connectivity index (χ2v) is 7.10. The van der Waals surface area contributed by atoms with Crippen molar-refractivity contribution in [2.24, 2.45) is 0 Å². The van der Waals surface area contributed by atoms with E-state index in [-0.39, 0.29) is 34.3 Å². The number of nitrogens with one attached hydrogen (secondary N) is 1. The summed E-state index contributed by atoms with van der Waals surface area (Å²) >= 11 is 0.966. The number of rotatable bonds is 8. The third-order valence-electron chi connectivity index (χ3n) is 4.04. The number of amides is 1. The molecule has 3 aromatic heterocycles. The third kappa shape index (κ3) is 4.57. The highest BCUT2D eigenvalue weighted by atomic mass is 32.1. The summed E-state index contributed by atoms with van der Waals surface area (Å²) in [6.07, 6.45) is 5.07. The quantitative estimate of drug-likeness (QED) is 0.545. The Morgan fingerprint density at radius 2 is 1.83 bits per heavy atom. The van der Waals surface area contributed by atoms with Gasteiger partial charge in [-0.15, -0.1) is 11.3 Å². The van der Waals surface area contributed by atoms with E-state index in [1.165, 1.54) is 0 Å². The van der Waals surface area contributed by atoms with Gasteiger partial charge in [0.15, 0.2) is 5.69 Å². The number of aromatic nitrogens is 4. The minimum absolute atomic E-state index is 0.134. The molecule has 1 amide bonds. The lowest BCUT2D eigenvalue weighted by molar-refractivity contribution is 0.0527. The van der Waals surface area contributed by atoms with Crippen molar-refractivity contribution in [2.45, 2.75) is 27.4 Å². The van der Waals surface area contributed by atoms with Crippen LogP contribution in [0.4, 0.5) is 5.00 Å². The molecule has 3 heterocycles. The van der Waals surface area contributed by atoms with Gasteiger partial charge >= 0.3 is 11.9 Å². The highest BCUT2D eigenvalue weighted by Crippen LogP contribution is 2.34. The SMILES string of the molecule is CCOC(=O)c1sc(NC(=O)c2ccn(Cn3cccn3)n2)c(C(=O)OCC)c1C. The first-order valence-corrected chi connectivity index (χ1v) is 10.1. The molecule has 1 N–H and O–H groups in total. The van der Waals surface area contributed by atoms with E-state index in [9.17, 15) is 14.4 Å². The van der Waals surface area contributed by atoms with Crippen LogP contribution >= 0.6 is 11.3 Å². The molecule has 0 aliphatic rings. The summed E-state index contributed by atoms with van der Waals surface area (Å²) in [7, 11) is 0. The monoisotopic (exact) mass is 431 g/mol. The minimum atomic E-state index is -0.624. The van der Waals surface area contributed by atoms with E-state index in [1.54, 1.807) is 60.9 Å². The molecule has 0 aliphatic heterocycles. The molecular formula is C19H21N5O5S. The Morgan fingerprint density at radius 1 is 1.10 bits per heavy atom. The van der Waals surface area contributed by atoms with Crippen LogP contribution < -0.4 is 5.32 Å². The summed E-state index contributed by atoms with van der Waals surface area (Å²) in [5, 5.41) is 11.2. The van der Waals surface area contributed by atoms with E-state index < -0.39 is 17.8 Å². The molecular weight excluding hydrogens is 410 g/mol. The van der Waals surface area contributed by atoms with Crippen molar-refractivity contribution in [1.29, 1.82) is 0 Å². The maximum Gasteiger partial charge on any atom is 0.348 e. The van der Waals surface area contributed by atoms with Crippen LogP contribution in [-0.4, -0.2) is 50.6 Å². The molecule has 0 spiro atoms. The minimum Gasteiger partial charge on any atom is -0.462 e. The average Bonchev–Trinajstić information content (AvgIpc) is 3.44. The first-order chi connectivity index (χ1) is 14.4. The molecule has 11 heteroatoms. The van der Waals surface area contributed by atoms with Crippen LogP contribution in [-0.2, 0) is 16.1 Å². The molecule has 0 aromatic carbocycles. The molecule has 0 fully saturated rings. The first kappa shape index (κ1) is 21.2. The Morgan fingerprint density at radius 3 is 2.50 bits per heavy atom. The van der Waals surface area contributed by atoms with E-state index in [0.717, 1.165) is 11.3 Å². The Bertz CT molecular complexity index is 1050. The fourth-order valence-electron chi connectivity index (χ4n) is 2.70. The van der Waals surface area contributed by atoms with Gasteiger partial charge in [0.05, 0.1) is 18.8 Å². The Kier molecular flexibility index (Phi) is 6.62. The maximum absolute atomic E-state index is 12.7. The van der Waals surface area contributed by atoms with Crippen LogP contribution in [0.15, 0.2) is 30.7 Å². The zero-order valence-corrected chi connectivity index (χ0v) is 17.6. The zero-order valence-electron chi connectivity index (χ0n) is 16.7. The molecule has 10 nitrogen and oxygen atoms in total. The van der Waals surface area contributed by atoms with E-state index in [2.05, 4.69) is 15.5 Å². The van der Waals surface area contributed by atoms with Crippen LogP contribution in [0.2, 0.25) is 0 Å². The van der Waals surface area contributed by atoms with Crippen LogP contribution in [0.25, 0.3) is 0 Å². The lowest BCUT2D eigenvalue weighted by Gasteiger charge is -2.06. The number of carbonyl (C=O) groups is 3. The van der Waals surface area contributed by atoms with Gasteiger partial charge in [-0.1, -0.05) is 0 Å². The van der Waals surface area contributed by atoms with Crippen LogP contribution in [0.3, 0.4) is 0 Å². The lowest BCUT2D eigenvalue weighted by Crippen LogP contribution is -2.16. The van der Waals surface area contributed by atoms with Crippen molar-refractivity contribution < 1.29 is 23.9 Å². The Balaban J connectivity index is 1.84. The molecule has 0 saturated heterocycles. The normalized spacial score (nSPS) is 10.6. The summed E-state index contributed by atoms with van der Waals surface area (Å²) in [6.45, 7) is 5.68. The smallest absolute Gasteiger partial charge is 0.348 e. The van der Waals surface area contributed by atoms with Crippen molar-refractivity contribution >= 4 is 34.2 Å². The molecule has 0 unspecified atom stereocenters. The second-order valence-electron chi connectivity index (χ2n) is 6.08. The van der Waals surface area contributed by atoms with Gasteiger partial charge in [0.25, 0.3) is 5.91 Å². The summed E-state index contributed by atoms with van der Waals surface area (Å²) in [5.74, 6) is -1.70. The number of hydrogen-bond donors (Lipinski definition) is 1. The molecule has 158 valence electrons. The fraction of sp³-hybridized carbons (Fsp3) is 0.316. The van der Waals surface area contributed by atoms with Crippen molar-refractivity contribution in [3.05, 3.63) is 52.4 Å². The lowest BCUT2D eigenvalue weighted by atomic mass is 10.1. The van der Waals surface area contributed by atoms with Gasteiger partial charge in [-0.2, -0.15) is 10.2 Å². The number of carbonyl (C=O) groups excluding carboxylic acids is 3. The highest BCUT2D eigenvalue weighted by Gasteiger charge is 2.27. The molecule has 30 heavy (non-hydrogen) atoms. The number of ether oxygens (including phenoxy) is 2. The summed E-state index contributed by atoms with van der Waals surface area (Å²) in [5.41, 5.74) is 0.686. The zero-order chi connectivity index (χ0) is 21.7. The second kappa shape index (κ2) is 9.35. The molecule has 0 atom stereocenters. The fourth-order valence-corrected chi connectivity index (χ4v) is 3.79. The number of esters is 2. The van der Waals surface area contributed by atoms with Gasteiger partial charge in [-0.05, 0) is 38.5 Å². The van der Waals surface area contributed by atoms with Crippen LogP contribution in [0, 0.1) is 6.92 Å². The third-order valence-corrected chi connectivity index (χ3v) is 5.22. The number of anilines is 1. The first-order valence-electron chi connectivity index (χ1n) is 9.24. The van der Waals surface area contributed by atoms with E-state index >= 15 is 0 Å². The predicted molar refractivity (Wildman–Crippen MR) is 109 cm³/mol. The van der Waals surface area contributed by atoms with Gasteiger partial charge in [0.2, 0.25) is 0 Å². The van der Waals surface area contributed by atoms with Gasteiger partial charge < -0.3 is 14.8 Å².